The molecule has 2 bridgehead atoms. The highest BCUT2D eigenvalue weighted by Crippen LogP contribution is 2.38. The van der Waals surface area contributed by atoms with Crippen LogP contribution in [0.15, 0.2) is 114 Å². The van der Waals surface area contributed by atoms with Gasteiger partial charge in [0.1, 0.15) is 59.6 Å². The van der Waals surface area contributed by atoms with Crippen LogP contribution in [-0.4, -0.2) is 293 Å². The van der Waals surface area contributed by atoms with Gasteiger partial charge in [-0.15, -0.1) is 0 Å². The number of aromatic nitrogens is 11. The number of fused-ring (bicyclic) bond motifs is 5. The monoisotopic (exact) mass is 1850 g/mol. The van der Waals surface area contributed by atoms with Gasteiger partial charge in [0.25, 0.3) is 29.5 Å². The molecule has 1 aliphatic carbocycles. The molecule has 6 aromatic heterocycles. The summed E-state index contributed by atoms with van der Waals surface area (Å²) >= 11 is 0. The highest BCUT2D eigenvalue weighted by Gasteiger charge is 2.50. The van der Waals surface area contributed by atoms with Gasteiger partial charge in [-0.25, -0.2) is 54.1 Å². The number of oxazole rings is 1. The van der Waals surface area contributed by atoms with Crippen LogP contribution in [0.1, 0.15) is 164 Å². The summed E-state index contributed by atoms with van der Waals surface area (Å²) in [5.74, 6) is -7.66. The smallest absolute Gasteiger partial charge is 0.407 e. The molecule has 6 aliphatic rings. The van der Waals surface area contributed by atoms with Crippen molar-refractivity contribution in [2.45, 2.75) is 211 Å². The summed E-state index contributed by atoms with van der Waals surface area (Å²) in [5, 5.41) is 48.4. The molecule has 1 saturated carbocycles. The number of nitrogens with zero attached hydrogens (tertiary/aromatic N) is 16. The summed E-state index contributed by atoms with van der Waals surface area (Å²) in [6, 6.07) is 3.23. The zero-order chi connectivity index (χ0) is 95.3. The number of nitrogens with two attached hydrogens (primary N) is 3. The first-order valence-corrected chi connectivity index (χ1v) is 46.1. The van der Waals surface area contributed by atoms with Crippen LogP contribution in [0, 0.1) is 23.7 Å². The molecule has 7 aromatic rings. The molecular formula is C93H124N22O19. The fourth-order valence-electron chi connectivity index (χ4n) is 17.9. The Morgan fingerprint density at radius 2 is 1.37 bits per heavy atom. The van der Waals surface area contributed by atoms with Gasteiger partial charge < -0.3 is 106 Å². The molecule has 0 spiro atoms. The van der Waals surface area contributed by atoms with Crippen LogP contribution < -0.4 is 47.9 Å². The first-order valence-electron chi connectivity index (χ1n) is 46.1. The molecule has 5 fully saturated rings. The Morgan fingerprint density at radius 1 is 0.694 bits per heavy atom. The number of anilines is 5. The molecule has 12 N–H and O–H groups in total. The maximum Gasteiger partial charge on any atom is 0.407 e. The molecule has 13 rings (SSSR count). The average Bonchev–Trinajstić information content (AvgIpc) is 1.51. The number of hydrogen-bond acceptors (Lipinski definition) is 35. The zero-order valence-corrected chi connectivity index (χ0v) is 76.9. The number of rotatable bonds is 25. The van der Waals surface area contributed by atoms with Gasteiger partial charge in [-0.3, -0.25) is 33.6 Å². The third-order valence-electron chi connectivity index (χ3n) is 25.7. The Hall–Kier alpha value is -12.3. The number of unbranched alkanes of at least 4 members (excludes halogenated alkanes) is 1. The standard InChI is InChI=1S/C93H124N22O19/c1-55-16-9-8-10-17-56(2)72(128-6)45-65-18-15-25-93(127,134-65)81(121)86(124)114-28-13-11-19-68(114)87(125)131-73(46-69(116)57(3)41-59(5)79(119)80(120)78(118)58(4)40-55)66(94)42-60-20-22-71(74(43-60)129-7)133-92(126)105-49-61-47-99-89(100-48-61)112-34-36-113(37-35-112)91-103-52-64(53-104-91)85(123)98-27-39-130-38-24-75(117)110-30-32-111(33-31-110)90-101-50-63(51-102-90)84(122)97-26-12-14-29-115-83-76(82(95)106-54-107-83)77(109-115)62-21-23-70-67(44-62)108-88(96)132-70/h8-10,16-17,21,23,41,44,47-48,50-55,57-58,60,65-66,68,71-74,79-80,119-120,127H,11-15,18-20,22,24-40,42-43,45-46,49,94H2,1-7H3,(H2,96,108)(H,97,122)(H,98,123)(H,105,126)(H2,95,106,107)/b10-8+,16-9+,56-17+,59-41+/t55-,57-,58-,60+,65+,66-,68+,71-,72+,73+,74-,79-,80+,93-/m1/s1. The number of nitrogen functional groups attached to an aromatic ring is 2. The van der Waals surface area contributed by atoms with Crippen molar-refractivity contribution in [2.75, 3.05) is 126 Å². The Balaban J connectivity index is 0.507. The number of carbonyl (C=O) groups excluding carboxylic acids is 9. The number of methoxy groups -OCH3 is 2. The number of piperazine rings is 2. The number of esters is 1. The summed E-state index contributed by atoms with van der Waals surface area (Å²) in [6.45, 7) is 14.1. The Labute approximate surface area is 776 Å². The van der Waals surface area contributed by atoms with Crippen molar-refractivity contribution in [3.05, 3.63) is 126 Å². The van der Waals surface area contributed by atoms with Gasteiger partial charge in [0.2, 0.25) is 29.5 Å². The number of nitrogens with one attached hydrogen (secondary N) is 3. The van der Waals surface area contributed by atoms with Gasteiger partial charge >= 0.3 is 12.1 Å². The van der Waals surface area contributed by atoms with E-state index in [2.05, 4.69) is 60.8 Å². The van der Waals surface area contributed by atoms with Crippen molar-refractivity contribution < 1.29 is 91.3 Å². The lowest BCUT2D eigenvalue weighted by Gasteiger charge is -2.40. The van der Waals surface area contributed by atoms with Crippen LogP contribution in [0.25, 0.3) is 33.4 Å². The van der Waals surface area contributed by atoms with Crippen molar-refractivity contribution in [3.63, 3.8) is 0 Å². The van der Waals surface area contributed by atoms with E-state index in [-0.39, 0.29) is 112 Å². The number of ketones is 3. The maximum atomic E-state index is 14.7. The third-order valence-corrected chi connectivity index (χ3v) is 25.7. The summed E-state index contributed by atoms with van der Waals surface area (Å²) < 4.78 is 43.0. The molecule has 0 radical (unpaired) electrons. The number of piperidine rings is 1. The number of allylic oxidation sites excluding steroid dienone is 6. The van der Waals surface area contributed by atoms with Crippen LogP contribution in [0.4, 0.5) is 34.5 Å². The van der Waals surface area contributed by atoms with E-state index < -0.39 is 114 Å². The van der Waals surface area contributed by atoms with E-state index >= 15 is 0 Å². The molecule has 5 aliphatic heterocycles. The number of aryl methyl sites for hydroxylation is 1. The number of benzene rings is 1. The largest absolute Gasteiger partial charge is 0.459 e. The van der Waals surface area contributed by atoms with Crippen molar-refractivity contribution in [2.24, 2.45) is 29.4 Å². The number of aliphatic hydroxyl groups excluding tert-OH is 2. The second-order valence-corrected chi connectivity index (χ2v) is 35.4. The van der Waals surface area contributed by atoms with Crippen LogP contribution in [0.5, 0.6) is 0 Å². The summed E-state index contributed by atoms with van der Waals surface area (Å²) in [6.07, 6.45) is 18.3. The van der Waals surface area contributed by atoms with Crippen molar-refractivity contribution in [1.29, 1.82) is 0 Å². The minimum absolute atomic E-state index is 0.00896. The van der Waals surface area contributed by atoms with E-state index in [1.807, 2.05) is 71.1 Å². The topological polar surface area (TPSA) is 547 Å². The van der Waals surface area contributed by atoms with Gasteiger partial charge in [-0.05, 0) is 132 Å². The number of cyclic esters (lactones) is 1. The Bertz CT molecular complexity index is 5370. The molecule has 0 unspecified atom stereocenters. The number of carbonyl (C=O) groups is 9. The average molecular weight is 1850 g/mol. The van der Waals surface area contributed by atoms with Crippen LogP contribution in [0.3, 0.4) is 0 Å². The molecule has 134 heavy (non-hydrogen) atoms. The van der Waals surface area contributed by atoms with E-state index in [0.29, 0.717) is 192 Å². The summed E-state index contributed by atoms with van der Waals surface area (Å²) in [4.78, 5) is 173. The SMILES string of the molecule is CO[C@H]1C[C@@H]2CCC[C@@](O)(O2)C(=O)C(=O)N2CCCC[C@H]2C(=O)O[C@H]([C@H](N)C[C@@H]2CC[C@@H](OC(=O)NCc3cnc(N4CCN(c5ncc(C(=O)NCCOCCC(=O)N6CCN(c7ncc(C(=O)NCCCCn8nc(-c9ccc%10oc(N)nc%10c9)c9c(N)ncnc98)cn7)CC6)cn5)CC4)nc3)[C@H](OC)C2)CC(=O)[C@H](C)/C=C(\C)[C@@H](O)[C@@H](O)C(=O)[C@H](C)C[C@H](C)/C=C/C=C/C=C/1C. The van der Waals surface area contributed by atoms with Crippen LogP contribution in [-0.2, 0) is 70.3 Å². The lowest BCUT2D eigenvalue weighted by atomic mass is 9.80. The van der Waals surface area contributed by atoms with Gasteiger partial charge in [-0.2, -0.15) is 10.1 Å². The lowest BCUT2D eigenvalue weighted by molar-refractivity contribution is -0.245. The van der Waals surface area contributed by atoms with Crippen molar-refractivity contribution in [1.82, 2.24) is 80.4 Å². The lowest BCUT2D eigenvalue weighted by Crippen LogP contribution is -2.58. The number of Topliss-reactive ketones (excluding diaryl/α,β-unsaturated/α-hetero) is 3. The predicted molar refractivity (Wildman–Crippen MR) is 492 cm³/mol. The normalized spacial score (nSPS) is 26.4. The number of aliphatic hydroxyl groups is 3. The third kappa shape index (κ3) is 25.6. The maximum absolute atomic E-state index is 14.7. The van der Waals surface area contributed by atoms with Gasteiger partial charge in [0.05, 0.1) is 54.5 Å². The molecular weight excluding hydrogens is 1730 g/mol. The van der Waals surface area contributed by atoms with E-state index in [9.17, 15) is 58.5 Å². The fourth-order valence-corrected chi connectivity index (χ4v) is 17.9. The fraction of sp³-hybridized carbons (Fsp3) is 0.559. The molecule has 1 aromatic carbocycles. The predicted octanol–water partition coefficient (Wildman–Crippen LogP) is 5.41. The van der Waals surface area contributed by atoms with Crippen LogP contribution >= 0.6 is 0 Å². The first-order chi connectivity index (χ1) is 64.5. The Kier molecular flexibility index (Phi) is 34.5. The van der Waals surface area contributed by atoms with Gasteiger partial charge in [0.15, 0.2) is 17.0 Å². The molecule has 5 amide bonds. The highest BCUT2D eigenvalue weighted by atomic mass is 16.6. The number of ether oxygens (including phenoxy) is 6. The quantitative estimate of drug-likeness (QED) is 0.0149. The number of amides is 5. The molecule has 11 heterocycles. The van der Waals surface area contributed by atoms with E-state index in [4.69, 9.17) is 55.1 Å². The van der Waals surface area contributed by atoms with Crippen LogP contribution in [0.2, 0.25) is 0 Å². The van der Waals surface area contributed by atoms with Gasteiger partial charge in [0, 0.05) is 185 Å². The Morgan fingerprint density at radius 3 is 2.04 bits per heavy atom. The molecule has 14 atom stereocenters. The molecule has 4 saturated heterocycles. The van der Waals surface area contributed by atoms with Gasteiger partial charge in [-0.1, -0.05) is 57.2 Å². The zero-order valence-electron chi connectivity index (χ0n) is 76.9. The molecule has 41 heteroatoms. The van der Waals surface area contributed by atoms with E-state index in [0.717, 1.165) is 16.0 Å². The summed E-state index contributed by atoms with van der Waals surface area (Å²) in [7, 11) is 3.05. The van der Waals surface area contributed by atoms with Crippen molar-refractivity contribution in [3.8, 4) is 11.3 Å². The molecule has 41 nitrogen and oxygen atoms in total. The summed E-state index contributed by atoms with van der Waals surface area (Å²) in [5.41, 5.74) is 24.4. The number of hydrogen-bond donors (Lipinski definition) is 9. The van der Waals surface area contributed by atoms with E-state index in [1.54, 1.807) is 49.0 Å². The number of alkyl carbamates (subject to hydrolysis) is 1. The van der Waals surface area contributed by atoms with Crippen molar-refractivity contribution >= 4 is 105 Å². The highest BCUT2D eigenvalue weighted by molar-refractivity contribution is 6.39. The molecule has 720 valence electrons. The minimum Gasteiger partial charge on any atom is -0.459 e. The second kappa shape index (κ2) is 46.6. The minimum atomic E-state index is -2.48. The van der Waals surface area contributed by atoms with E-state index in [1.165, 1.54) is 51.2 Å². The second-order valence-electron chi connectivity index (χ2n) is 35.4. The first kappa shape index (κ1) is 99.2.